The Bertz CT molecular complexity index is 492. The Hall–Kier alpha value is -0.970. The standard InChI is InChI=1S/C12H16N2O2S/c15-10-9(8-4-2-1-3-5-8)11(16)14-6-7-17-12(14)13-10/h8,15H,1-7H2. The summed E-state index contributed by atoms with van der Waals surface area (Å²) in [6.45, 7) is 0.728. The highest BCUT2D eigenvalue weighted by atomic mass is 32.2. The van der Waals surface area contributed by atoms with Crippen molar-refractivity contribution in [2.75, 3.05) is 5.75 Å². The van der Waals surface area contributed by atoms with E-state index in [1.807, 2.05) is 0 Å². The van der Waals surface area contributed by atoms with Crippen LogP contribution in [0.2, 0.25) is 0 Å². The number of nitrogens with zero attached hydrogens (tertiary/aromatic N) is 2. The van der Waals surface area contributed by atoms with Gasteiger partial charge in [0.25, 0.3) is 5.56 Å². The molecule has 2 heterocycles. The molecule has 0 atom stereocenters. The molecule has 2 aliphatic rings. The van der Waals surface area contributed by atoms with Gasteiger partial charge in [-0.2, -0.15) is 4.98 Å². The molecule has 0 unspecified atom stereocenters. The molecule has 3 rings (SSSR count). The van der Waals surface area contributed by atoms with Gasteiger partial charge in [-0.3, -0.25) is 9.36 Å². The average Bonchev–Trinajstić information content (AvgIpc) is 2.78. The van der Waals surface area contributed by atoms with Crippen LogP contribution in [0, 0.1) is 0 Å². The first-order valence-electron chi connectivity index (χ1n) is 6.24. The summed E-state index contributed by atoms with van der Waals surface area (Å²) in [4.78, 5) is 16.5. The molecule has 1 aliphatic carbocycles. The van der Waals surface area contributed by atoms with Crippen molar-refractivity contribution < 1.29 is 5.11 Å². The van der Waals surface area contributed by atoms with Crippen molar-refractivity contribution in [1.29, 1.82) is 0 Å². The molecule has 1 fully saturated rings. The Labute approximate surface area is 104 Å². The molecule has 17 heavy (non-hydrogen) atoms. The van der Waals surface area contributed by atoms with Crippen molar-refractivity contribution in [2.24, 2.45) is 0 Å². The number of aromatic hydroxyl groups is 1. The monoisotopic (exact) mass is 252 g/mol. The van der Waals surface area contributed by atoms with Crippen LogP contribution in [0.3, 0.4) is 0 Å². The highest BCUT2D eigenvalue weighted by Gasteiger charge is 2.27. The van der Waals surface area contributed by atoms with Gasteiger partial charge in [-0.15, -0.1) is 0 Å². The van der Waals surface area contributed by atoms with Gasteiger partial charge in [0.2, 0.25) is 5.88 Å². The minimum Gasteiger partial charge on any atom is -0.493 e. The van der Waals surface area contributed by atoms with Gasteiger partial charge in [0.1, 0.15) is 0 Å². The first kappa shape index (κ1) is 11.1. The zero-order valence-corrected chi connectivity index (χ0v) is 10.5. The molecule has 1 aromatic rings. The quantitative estimate of drug-likeness (QED) is 0.778. The Kier molecular flexibility index (Phi) is 2.86. The lowest BCUT2D eigenvalue weighted by atomic mass is 9.85. The fourth-order valence-corrected chi connectivity index (χ4v) is 3.76. The van der Waals surface area contributed by atoms with Gasteiger partial charge in [0.15, 0.2) is 5.16 Å². The third-order valence-corrected chi connectivity index (χ3v) is 4.66. The van der Waals surface area contributed by atoms with Crippen LogP contribution in [0.5, 0.6) is 5.88 Å². The van der Waals surface area contributed by atoms with E-state index < -0.39 is 0 Å². The minimum atomic E-state index is -0.0254. The Morgan fingerprint density at radius 3 is 2.82 bits per heavy atom. The van der Waals surface area contributed by atoms with E-state index in [9.17, 15) is 9.90 Å². The highest BCUT2D eigenvalue weighted by molar-refractivity contribution is 7.99. The number of aromatic nitrogens is 2. The highest BCUT2D eigenvalue weighted by Crippen LogP contribution is 2.35. The molecule has 1 saturated carbocycles. The van der Waals surface area contributed by atoms with Crippen molar-refractivity contribution in [1.82, 2.24) is 9.55 Å². The van der Waals surface area contributed by atoms with Crippen molar-refractivity contribution in [3.05, 3.63) is 15.9 Å². The topological polar surface area (TPSA) is 55.1 Å². The second kappa shape index (κ2) is 4.37. The van der Waals surface area contributed by atoms with Crippen LogP contribution in [0.4, 0.5) is 0 Å². The van der Waals surface area contributed by atoms with E-state index in [2.05, 4.69) is 4.98 Å². The van der Waals surface area contributed by atoms with Crippen LogP contribution in [-0.2, 0) is 6.54 Å². The van der Waals surface area contributed by atoms with E-state index in [-0.39, 0.29) is 17.4 Å². The van der Waals surface area contributed by atoms with Gasteiger partial charge >= 0.3 is 0 Å². The molecule has 1 aliphatic heterocycles. The van der Waals surface area contributed by atoms with Crippen LogP contribution in [0.25, 0.3) is 0 Å². The van der Waals surface area contributed by atoms with Crippen LogP contribution in [0.15, 0.2) is 9.95 Å². The Balaban J connectivity index is 2.07. The van der Waals surface area contributed by atoms with E-state index in [4.69, 9.17) is 0 Å². The van der Waals surface area contributed by atoms with Crippen molar-refractivity contribution in [3.8, 4) is 5.88 Å². The fraction of sp³-hybridized carbons (Fsp3) is 0.667. The second-order valence-corrected chi connectivity index (χ2v) is 5.83. The summed E-state index contributed by atoms with van der Waals surface area (Å²) in [5.74, 6) is 1.07. The minimum absolute atomic E-state index is 0.00981. The molecule has 0 saturated heterocycles. The summed E-state index contributed by atoms with van der Waals surface area (Å²) in [5.41, 5.74) is 0.556. The molecule has 0 spiro atoms. The number of hydrogen-bond acceptors (Lipinski definition) is 4. The molecule has 0 bridgehead atoms. The predicted octanol–water partition coefficient (Wildman–Crippen LogP) is 2.10. The van der Waals surface area contributed by atoms with Gasteiger partial charge in [-0.25, -0.2) is 0 Å². The van der Waals surface area contributed by atoms with Crippen LogP contribution >= 0.6 is 11.8 Å². The molecule has 1 N–H and O–H groups in total. The van der Waals surface area contributed by atoms with Gasteiger partial charge < -0.3 is 5.11 Å². The van der Waals surface area contributed by atoms with E-state index >= 15 is 0 Å². The van der Waals surface area contributed by atoms with Crippen molar-refractivity contribution >= 4 is 11.8 Å². The smallest absolute Gasteiger partial charge is 0.261 e. The van der Waals surface area contributed by atoms with E-state index in [1.54, 1.807) is 16.3 Å². The van der Waals surface area contributed by atoms with Gasteiger partial charge in [-0.05, 0) is 18.8 Å². The summed E-state index contributed by atoms with van der Waals surface area (Å²) in [5, 5.41) is 10.6. The third-order valence-electron chi connectivity index (χ3n) is 3.71. The zero-order valence-electron chi connectivity index (χ0n) is 9.69. The summed E-state index contributed by atoms with van der Waals surface area (Å²) >= 11 is 1.54. The molecule has 0 aromatic carbocycles. The predicted molar refractivity (Wildman–Crippen MR) is 66.7 cm³/mol. The molecular formula is C12H16N2O2S. The SMILES string of the molecule is O=c1c(C2CCCCC2)c(O)nc2n1CCS2. The lowest BCUT2D eigenvalue weighted by molar-refractivity contribution is 0.387. The van der Waals surface area contributed by atoms with Gasteiger partial charge in [-0.1, -0.05) is 31.0 Å². The van der Waals surface area contributed by atoms with E-state index in [0.717, 1.165) is 38.0 Å². The molecule has 0 amide bonds. The second-order valence-electron chi connectivity index (χ2n) is 4.77. The average molecular weight is 252 g/mol. The summed E-state index contributed by atoms with van der Waals surface area (Å²) in [6, 6.07) is 0. The summed E-state index contributed by atoms with van der Waals surface area (Å²) in [7, 11) is 0. The lowest BCUT2D eigenvalue weighted by Gasteiger charge is -2.22. The van der Waals surface area contributed by atoms with Crippen molar-refractivity contribution in [3.63, 3.8) is 0 Å². The molecule has 5 heteroatoms. The Morgan fingerprint density at radius 1 is 1.29 bits per heavy atom. The largest absolute Gasteiger partial charge is 0.493 e. The maximum Gasteiger partial charge on any atom is 0.261 e. The van der Waals surface area contributed by atoms with E-state index in [0.29, 0.717) is 10.7 Å². The number of hydrogen-bond donors (Lipinski definition) is 1. The molecule has 1 aromatic heterocycles. The first-order valence-corrected chi connectivity index (χ1v) is 7.22. The number of thioether (sulfide) groups is 1. The maximum absolute atomic E-state index is 12.3. The summed E-state index contributed by atoms with van der Waals surface area (Å²) in [6.07, 6.45) is 5.57. The van der Waals surface area contributed by atoms with Crippen molar-refractivity contribution in [2.45, 2.75) is 49.7 Å². The fourth-order valence-electron chi connectivity index (χ4n) is 2.82. The van der Waals surface area contributed by atoms with Gasteiger partial charge in [0.05, 0.1) is 5.56 Å². The zero-order chi connectivity index (χ0) is 11.8. The first-order chi connectivity index (χ1) is 8.27. The van der Waals surface area contributed by atoms with Crippen LogP contribution < -0.4 is 5.56 Å². The van der Waals surface area contributed by atoms with Gasteiger partial charge in [0, 0.05) is 12.3 Å². The van der Waals surface area contributed by atoms with E-state index in [1.165, 1.54) is 6.42 Å². The molecule has 92 valence electrons. The molecule has 4 nitrogen and oxygen atoms in total. The number of rotatable bonds is 1. The Morgan fingerprint density at radius 2 is 2.06 bits per heavy atom. The normalized spacial score (nSPS) is 20.5. The lowest BCUT2D eigenvalue weighted by Crippen LogP contribution is -2.27. The third kappa shape index (κ3) is 1.86. The molecular weight excluding hydrogens is 236 g/mol. The van der Waals surface area contributed by atoms with Crippen LogP contribution in [0.1, 0.15) is 43.6 Å². The molecule has 0 radical (unpaired) electrons. The summed E-state index contributed by atoms with van der Waals surface area (Å²) < 4.78 is 1.72. The van der Waals surface area contributed by atoms with Crippen LogP contribution in [-0.4, -0.2) is 20.4 Å². The number of fused-ring (bicyclic) bond motifs is 1. The maximum atomic E-state index is 12.3.